The van der Waals surface area contributed by atoms with E-state index >= 15 is 0 Å². The van der Waals surface area contributed by atoms with Crippen LogP contribution < -0.4 is 0 Å². The predicted octanol–water partition coefficient (Wildman–Crippen LogP) is 6.45. The zero-order valence-corrected chi connectivity index (χ0v) is 12.2. The molecule has 2 aromatic rings. The first kappa shape index (κ1) is 17.8. The van der Waals surface area contributed by atoms with Gasteiger partial charge in [0.1, 0.15) is 0 Å². The Hall–Kier alpha value is -2.50. The van der Waals surface area contributed by atoms with Crippen LogP contribution in [0.2, 0.25) is 0 Å². The number of allylic oxidation sites excluding steroid dienone is 2. The van der Waals surface area contributed by atoms with Gasteiger partial charge in [-0.2, -0.15) is 26.3 Å². The zero-order chi connectivity index (χ0) is 17.8. The van der Waals surface area contributed by atoms with Crippen molar-refractivity contribution in [1.29, 1.82) is 0 Å². The molecule has 6 heteroatoms. The molecule has 0 radical (unpaired) electrons. The molecule has 0 amide bonds. The van der Waals surface area contributed by atoms with Gasteiger partial charge in [0.15, 0.2) is 0 Å². The Labute approximate surface area is 134 Å². The Kier molecular flexibility index (Phi) is 5.17. The largest absolute Gasteiger partial charge is 0.416 e. The lowest BCUT2D eigenvalue weighted by Gasteiger charge is -2.12. The summed E-state index contributed by atoms with van der Waals surface area (Å²) in [5.74, 6) is 0. The number of halogens is 6. The fraction of sp³-hybridized carbons (Fsp3) is 0.111. The van der Waals surface area contributed by atoms with E-state index < -0.39 is 23.5 Å². The summed E-state index contributed by atoms with van der Waals surface area (Å²) in [5, 5.41) is 0. The quantitative estimate of drug-likeness (QED) is 0.444. The number of alkyl halides is 6. The van der Waals surface area contributed by atoms with Crippen LogP contribution in [0, 0.1) is 0 Å². The summed E-state index contributed by atoms with van der Waals surface area (Å²) in [4.78, 5) is 0. The molecule has 0 bridgehead atoms. The molecule has 0 N–H and O–H groups in total. The highest BCUT2D eigenvalue weighted by Gasteiger charge is 2.36. The fourth-order valence-corrected chi connectivity index (χ4v) is 1.97. The molecule has 0 unspecified atom stereocenters. The van der Waals surface area contributed by atoms with E-state index in [-0.39, 0.29) is 11.6 Å². The summed E-state index contributed by atoms with van der Waals surface area (Å²) >= 11 is 0. The summed E-state index contributed by atoms with van der Waals surface area (Å²) in [6.07, 6.45) is -3.86. The molecule has 0 atom stereocenters. The standard InChI is InChI=1S/C18H12F6/c19-17(20,21)15-10-14(11-16(12-15)18(22,23)24)9-5-4-8-13-6-2-1-3-7-13/h1-12H/b8-4-,9-5+. The van der Waals surface area contributed by atoms with Crippen molar-refractivity contribution >= 4 is 12.2 Å². The van der Waals surface area contributed by atoms with Gasteiger partial charge in [0, 0.05) is 0 Å². The second kappa shape index (κ2) is 6.95. The lowest BCUT2D eigenvalue weighted by atomic mass is 10.0. The van der Waals surface area contributed by atoms with Crippen molar-refractivity contribution in [2.75, 3.05) is 0 Å². The third-order valence-corrected chi connectivity index (χ3v) is 3.10. The summed E-state index contributed by atoms with van der Waals surface area (Å²) in [5.41, 5.74) is -1.97. The van der Waals surface area contributed by atoms with Crippen molar-refractivity contribution in [3.05, 3.63) is 82.9 Å². The van der Waals surface area contributed by atoms with Gasteiger partial charge in [-0.3, -0.25) is 0 Å². The van der Waals surface area contributed by atoms with Crippen LogP contribution in [0.3, 0.4) is 0 Å². The predicted molar refractivity (Wildman–Crippen MR) is 81.0 cm³/mol. The molecule has 0 nitrogen and oxygen atoms in total. The van der Waals surface area contributed by atoms with Gasteiger partial charge in [0.2, 0.25) is 0 Å². The number of rotatable bonds is 3. The van der Waals surface area contributed by atoms with Gasteiger partial charge < -0.3 is 0 Å². The molecular formula is C18H12F6. The van der Waals surface area contributed by atoms with Crippen molar-refractivity contribution in [2.24, 2.45) is 0 Å². The van der Waals surface area contributed by atoms with Gasteiger partial charge in [-0.15, -0.1) is 0 Å². The van der Waals surface area contributed by atoms with Crippen LogP contribution >= 0.6 is 0 Å². The van der Waals surface area contributed by atoms with Crippen molar-refractivity contribution < 1.29 is 26.3 Å². The molecule has 2 aromatic carbocycles. The molecule has 24 heavy (non-hydrogen) atoms. The minimum Gasteiger partial charge on any atom is -0.166 e. The van der Waals surface area contributed by atoms with Crippen molar-refractivity contribution in [1.82, 2.24) is 0 Å². The third-order valence-electron chi connectivity index (χ3n) is 3.10. The fourth-order valence-electron chi connectivity index (χ4n) is 1.97. The first-order valence-electron chi connectivity index (χ1n) is 6.85. The van der Waals surface area contributed by atoms with E-state index in [0.29, 0.717) is 12.1 Å². The van der Waals surface area contributed by atoms with Crippen molar-refractivity contribution in [2.45, 2.75) is 12.4 Å². The van der Waals surface area contributed by atoms with Gasteiger partial charge in [-0.25, -0.2) is 0 Å². The minimum absolute atomic E-state index is 0.108. The summed E-state index contributed by atoms with van der Waals surface area (Å²) in [6.45, 7) is 0. The van der Waals surface area contributed by atoms with Crippen LogP contribution in [0.25, 0.3) is 12.2 Å². The highest BCUT2D eigenvalue weighted by atomic mass is 19.4. The summed E-state index contributed by atoms with van der Waals surface area (Å²) < 4.78 is 76.4. The van der Waals surface area contributed by atoms with Crippen LogP contribution in [0.4, 0.5) is 26.3 Å². The lowest BCUT2D eigenvalue weighted by Crippen LogP contribution is -2.11. The van der Waals surface area contributed by atoms with E-state index in [1.807, 2.05) is 30.3 Å². The number of benzene rings is 2. The maximum Gasteiger partial charge on any atom is 0.416 e. The topological polar surface area (TPSA) is 0 Å². The van der Waals surface area contributed by atoms with Crippen LogP contribution in [0.1, 0.15) is 22.3 Å². The molecule has 0 aliphatic heterocycles. The van der Waals surface area contributed by atoms with E-state index in [2.05, 4.69) is 0 Å². The van der Waals surface area contributed by atoms with Crippen molar-refractivity contribution in [3.63, 3.8) is 0 Å². The third kappa shape index (κ3) is 5.01. The SMILES string of the molecule is FC(F)(F)c1cc(/C=C/C=C\c2ccccc2)cc(C(F)(F)F)c1. The van der Waals surface area contributed by atoms with E-state index in [1.54, 1.807) is 12.2 Å². The number of hydrogen-bond donors (Lipinski definition) is 0. The van der Waals surface area contributed by atoms with E-state index in [1.165, 1.54) is 12.2 Å². The second-order valence-electron chi connectivity index (χ2n) is 4.97. The Bertz CT molecular complexity index is 704. The van der Waals surface area contributed by atoms with Gasteiger partial charge in [-0.05, 0) is 29.3 Å². The highest BCUT2D eigenvalue weighted by Crippen LogP contribution is 2.36. The van der Waals surface area contributed by atoms with E-state index in [4.69, 9.17) is 0 Å². The molecule has 0 saturated carbocycles. The highest BCUT2D eigenvalue weighted by molar-refractivity contribution is 5.58. The maximum atomic E-state index is 12.7. The second-order valence-corrected chi connectivity index (χ2v) is 4.97. The lowest BCUT2D eigenvalue weighted by molar-refractivity contribution is -0.143. The van der Waals surface area contributed by atoms with Gasteiger partial charge in [0.05, 0.1) is 11.1 Å². The van der Waals surface area contributed by atoms with E-state index in [0.717, 1.165) is 5.56 Å². The molecule has 0 heterocycles. The smallest absolute Gasteiger partial charge is 0.166 e. The van der Waals surface area contributed by atoms with Crippen LogP contribution in [-0.2, 0) is 12.4 Å². The minimum atomic E-state index is -4.84. The summed E-state index contributed by atoms with van der Waals surface area (Å²) in [6, 6.07) is 10.6. The normalized spacial score (nSPS) is 13.1. The first-order chi connectivity index (χ1) is 11.2. The Morgan fingerprint density at radius 2 is 1.04 bits per heavy atom. The van der Waals surface area contributed by atoms with Crippen LogP contribution in [0.5, 0.6) is 0 Å². The molecular weight excluding hydrogens is 330 g/mol. The van der Waals surface area contributed by atoms with Gasteiger partial charge in [-0.1, -0.05) is 54.6 Å². The molecule has 2 rings (SSSR count). The Morgan fingerprint density at radius 3 is 1.50 bits per heavy atom. The summed E-state index contributed by atoms with van der Waals surface area (Å²) in [7, 11) is 0. The molecule has 0 aliphatic rings. The molecule has 126 valence electrons. The first-order valence-corrected chi connectivity index (χ1v) is 6.85. The molecule has 0 spiro atoms. The average molecular weight is 342 g/mol. The number of hydrogen-bond acceptors (Lipinski definition) is 0. The van der Waals surface area contributed by atoms with Crippen LogP contribution in [-0.4, -0.2) is 0 Å². The van der Waals surface area contributed by atoms with Crippen LogP contribution in [0.15, 0.2) is 60.7 Å². The van der Waals surface area contributed by atoms with Gasteiger partial charge >= 0.3 is 12.4 Å². The molecule has 0 fully saturated rings. The Morgan fingerprint density at radius 1 is 0.583 bits per heavy atom. The monoisotopic (exact) mass is 342 g/mol. The molecule has 0 aliphatic carbocycles. The Balaban J connectivity index is 2.29. The molecule has 0 saturated heterocycles. The van der Waals surface area contributed by atoms with Gasteiger partial charge in [0.25, 0.3) is 0 Å². The molecule has 0 aromatic heterocycles. The van der Waals surface area contributed by atoms with E-state index in [9.17, 15) is 26.3 Å². The maximum absolute atomic E-state index is 12.7. The average Bonchev–Trinajstić information content (AvgIpc) is 2.51. The van der Waals surface area contributed by atoms with Crippen molar-refractivity contribution in [3.8, 4) is 0 Å². The zero-order valence-electron chi connectivity index (χ0n) is 12.2.